The molecule has 1 aliphatic heterocycles. The van der Waals surface area contributed by atoms with Crippen molar-refractivity contribution < 1.29 is 0 Å². The minimum Gasteiger partial charge on any atom is -0.313 e. The molecule has 2 atom stereocenters. The van der Waals surface area contributed by atoms with E-state index < -0.39 is 0 Å². The fraction of sp³-hybridized carbons (Fsp3) is 1.00. The normalized spacial score (nSPS) is 27.0. The van der Waals surface area contributed by atoms with Gasteiger partial charge in [-0.3, -0.25) is 4.90 Å². The first-order chi connectivity index (χ1) is 8.20. The van der Waals surface area contributed by atoms with E-state index in [1.165, 1.54) is 51.7 Å². The molecular weight excluding hydrogens is 208 g/mol. The van der Waals surface area contributed by atoms with Crippen LogP contribution in [0, 0.1) is 11.8 Å². The summed E-state index contributed by atoms with van der Waals surface area (Å²) < 4.78 is 0. The third-order valence-electron chi connectivity index (χ3n) is 4.46. The van der Waals surface area contributed by atoms with Gasteiger partial charge in [0.15, 0.2) is 0 Å². The minimum absolute atomic E-state index is 0.765. The maximum atomic E-state index is 3.66. The molecule has 0 radical (unpaired) electrons. The van der Waals surface area contributed by atoms with Crippen molar-refractivity contribution in [3.63, 3.8) is 0 Å². The van der Waals surface area contributed by atoms with Gasteiger partial charge in [0.25, 0.3) is 0 Å². The molecule has 0 amide bonds. The smallest absolute Gasteiger partial charge is 0.0195 e. The van der Waals surface area contributed by atoms with E-state index in [4.69, 9.17) is 0 Å². The van der Waals surface area contributed by atoms with Gasteiger partial charge in [-0.05, 0) is 50.5 Å². The van der Waals surface area contributed by atoms with Crippen LogP contribution in [0.1, 0.15) is 52.9 Å². The fourth-order valence-electron chi connectivity index (χ4n) is 3.32. The first-order valence-electron chi connectivity index (χ1n) is 7.68. The summed E-state index contributed by atoms with van der Waals surface area (Å²) in [6.45, 7) is 11.0. The van der Waals surface area contributed by atoms with Crippen LogP contribution in [0.5, 0.6) is 0 Å². The van der Waals surface area contributed by atoms with Gasteiger partial charge < -0.3 is 5.32 Å². The average Bonchev–Trinajstić information content (AvgIpc) is 2.93. The Balaban J connectivity index is 1.89. The molecule has 100 valence electrons. The second-order valence-corrected chi connectivity index (χ2v) is 6.41. The zero-order valence-electron chi connectivity index (χ0n) is 11.9. The van der Waals surface area contributed by atoms with E-state index in [0.29, 0.717) is 0 Å². The van der Waals surface area contributed by atoms with Crippen molar-refractivity contribution in [2.45, 2.75) is 65.0 Å². The van der Waals surface area contributed by atoms with E-state index in [9.17, 15) is 0 Å². The first kappa shape index (κ1) is 13.4. The molecule has 17 heavy (non-hydrogen) atoms. The van der Waals surface area contributed by atoms with Crippen molar-refractivity contribution in [1.29, 1.82) is 0 Å². The molecule has 1 saturated carbocycles. The van der Waals surface area contributed by atoms with Crippen LogP contribution in [0.25, 0.3) is 0 Å². The molecule has 1 N–H and O–H groups in total. The molecule has 2 heteroatoms. The monoisotopic (exact) mass is 238 g/mol. The van der Waals surface area contributed by atoms with Crippen molar-refractivity contribution in [2.24, 2.45) is 11.8 Å². The van der Waals surface area contributed by atoms with Gasteiger partial charge in [0.1, 0.15) is 0 Å². The molecule has 2 nitrogen and oxygen atoms in total. The van der Waals surface area contributed by atoms with Crippen molar-refractivity contribution in [1.82, 2.24) is 10.2 Å². The van der Waals surface area contributed by atoms with Gasteiger partial charge in [-0.1, -0.05) is 20.8 Å². The lowest BCUT2D eigenvalue weighted by atomic mass is 9.98. The van der Waals surface area contributed by atoms with Crippen molar-refractivity contribution in [3.05, 3.63) is 0 Å². The van der Waals surface area contributed by atoms with E-state index in [1.54, 1.807) is 0 Å². The molecule has 0 bridgehead atoms. The van der Waals surface area contributed by atoms with Crippen LogP contribution < -0.4 is 5.32 Å². The largest absolute Gasteiger partial charge is 0.313 e. The SMILES string of the molecule is CCC(C(C)C)N(CC1CC1)CC1CCCN1. The van der Waals surface area contributed by atoms with Gasteiger partial charge in [-0.15, -0.1) is 0 Å². The topological polar surface area (TPSA) is 15.3 Å². The number of nitrogens with one attached hydrogen (secondary N) is 1. The Bertz CT molecular complexity index is 217. The van der Waals surface area contributed by atoms with Crippen molar-refractivity contribution in [2.75, 3.05) is 19.6 Å². The summed E-state index contributed by atoms with van der Waals surface area (Å²) >= 11 is 0. The van der Waals surface area contributed by atoms with Crippen LogP contribution in [0.2, 0.25) is 0 Å². The molecule has 1 heterocycles. The Labute approximate surface area is 107 Å². The molecule has 1 saturated heterocycles. The van der Waals surface area contributed by atoms with Crippen LogP contribution in [-0.4, -0.2) is 36.6 Å². The van der Waals surface area contributed by atoms with Crippen LogP contribution in [0.3, 0.4) is 0 Å². The minimum atomic E-state index is 0.765. The molecule has 0 spiro atoms. The van der Waals surface area contributed by atoms with Gasteiger partial charge in [0.05, 0.1) is 0 Å². The maximum absolute atomic E-state index is 3.66. The van der Waals surface area contributed by atoms with Gasteiger partial charge in [-0.2, -0.15) is 0 Å². The Kier molecular flexibility index (Phi) is 4.87. The maximum Gasteiger partial charge on any atom is 0.0195 e. The first-order valence-corrected chi connectivity index (χ1v) is 7.68. The Morgan fingerprint density at radius 1 is 1.18 bits per heavy atom. The molecule has 2 aliphatic rings. The lowest BCUT2D eigenvalue weighted by Gasteiger charge is -2.35. The number of hydrogen-bond acceptors (Lipinski definition) is 2. The van der Waals surface area contributed by atoms with E-state index in [1.807, 2.05) is 0 Å². The highest BCUT2D eigenvalue weighted by molar-refractivity contribution is 4.86. The zero-order valence-corrected chi connectivity index (χ0v) is 11.9. The summed E-state index contributed by atoms with van der Waals surface area (Å²) in [6, 6.07) is 1.56. The highest BCUT2D eigenvalue weighted by atomic mass is 15.2. The summed E-state index contributed by atoms with van der Waals surface area (Å²) in [5.74, 6) is 1.81. The highest BCUT2D eigenvalue weighted by Crippen LogP contribution is 2.31. The highest BCUT2D eigenvalue weighted by Gasteiger charge is 2.30. The Morgan fingerprint density at radius 2 is 1.94 bits per heavy atom. The fourth-order valence-corrected chi connectivity index (χ4v) is 3.32. The standard InChI is InChI=1S/C15H30N2/c1-4-15(12(2)3)17(10-13-7-8-13)11-14-6-5-9-16-14/h12-16H,4-11H2,1-3H3. The molecule has 0 aromatic carbocycles. The van der Waals surface area contributed by atoms with E-state index in [0.717, 1.165) is 23.9 Å². The molecule has 2 fully saturated rings. The number of rotatable bonds is 7. The summed E-state index contributed by atoms with van der Waals surface area (Å²) in [5, 5.41) is 3.66. The van der Waals surface area contributed by atoms with E-state index in [2.05, 4.69) is 31.0 Å². The Hall–Kier alpha value is -0.0800. The van der Waals surface area contributed by atoms with Crippen molar-refractivity contribution in [3.8, 4) is 0 Å². The summed E-state index contributed by atoms with van der Waals surface area (Å²) in [6.07, 6.45) is 7.01. The zero-order chi connectivity index (χ0) is 12.3. The lowest BCUT2D eigenvalue weighted by molar-refractivity contribution is 0.131. The van der Waals surface area contributed by atoms with Crippen LogP contribution in [0.15, 0.2) is 0 Å². The predicted molar refractivity (Wildman–Crippen MR) is 74.2 cm³/mol. The summed E-state index contributed by atoms with van der Waals surface area (Å²) in [4.78, 5) is 2.80. The quantitative estimate of drug-likeness (QED) is 0.733. The van der Waals surface area contributed by atoms with Crippen LogP contribution in [-0.2, 0) is 0 Å². The number of nitrogens with zero attached hydrogens (tertiary/aromatic N) is 1. The van der Waals surface area contributed by atoms with E-state index >= 15 is 0 Å². The predicted octanol–water partition coefficient (Wildman–Crippen LogP) is 2.89. The molecule has 0 aromatic heterocycles. The average molecular weight is 238 g/mol. The molecule has 1 aliphatic carbocycles. The lowest BCUT2D eigenvalue weighted by Crippen LogP contribution is -2.46. The van der Waals surface area contributed by atoms with Gasteiger partial charge in [0.2, 0.25) is 0 Å². The second-order valence-electron chi connectivity index (χ2n) is 6.41. The van der Waals surface area contributed by atoms with Gasteiger partial charge >= 0.3 is 0 Å². The van der Waals surface area contributed by atoms with Crippen LogP contribution in [0.4, 0.5) is 0 Å². The number of hydrogen-bond donors (Lipinski definition) is 1. The van der Waals surface area contributed by atoms with E-state index in [-0.39, 0.29) is 0 Å². The molecular formula is C15H30N2. The third-order valence-corrected chi connectivity index (χ3v) is 4.46. The van der Waals surface area contributed by atoms with Gasteiger partial charge in [-0.25, -0.2) is 0 Å². The molecule has 0 aromatic rings. The van der Waals surface area contributed by atoms with Gasteiger partial charge in [0, 0.05) is 25.2 Å². The Morgan fingerprint density at radius 3 is 2.41 bits per heavy atom. The summed E-state index contributed by atoms with van der Waals surface area (Å²) in [7, 11) is 0. The van der Waals surface area contributed by atoms with Crippen LogP contribution >= 0.6 is 0 Å². The molecule has 2 unspecified atom stereocenters. The second kappa shape index (κ2) is 6.19. The molecule has 2 rings (SSSR count). The third kappa shape index (κ3) is 3.96. The summed E-state index contributed by atoms with van der Waals surface area (Å²) in [5.41, 5.74) is 0. The van der Waals surface area contributed by atoms with Crippen molar-refractivity contribution >= 4 is 0 Å².